The molecule has 27 heavy (non-hydrogen) atoms. The van der Waals surface area contributed by atoms with Gasteiger partial charge in [0.1, 0.15) is 0 Å². The van der Waals surface area contributed by atoms with E-state index in [1.165, 1.54) is 0 Å². The van der Waals surface area contributed by atoms with E-state index in [0.717, 1.165) is 43.3 Å². The van der Waals surface area contributed by atoms with Crippen molar-refractivity contribution in [3.05, 3.63) is 30.3 Å². The molecule has 154 valence electrons. The smallest absolute Gasteiger partial charge is 0.191 e. The number of nitrogens with zero attached hydrogens (tertiary/aromatic N) is 1. The second kappa shape index (κ2) is 15.2. The number of benzene rings is 1. The summed E-state index contributed by atoms with van der Waals surface area (Å²) in [6.45, 7) is 6.39. The van der Waals surface area contributed by atoms with Gasteiger partial charge in [0.2, 0.25) is 0 Å². The molecular formula is C19H32IN3O3S. The van der Waals surface area contributed by atoms with Crippen molar-refractivity contribution in [3.8, 4) is 0 Å². The predicted octanol–water partition coefficient (Wildman–Crippen LogP) is 2.55. The SMILES string of the molecule is CCNC(=NCCCOCC1CCCO1)NCCS(=O)c1ccccc1.I. The van der Waals surface area contributed by atoms with Crippen LogP contribution in [0.4, 0.5) is 0 Å². The summed E-state index contributed by atoms with van der Waals surface area (Å²) in [4.78, 5) is 5.40. The van der Waals surface area contributed by atoms with Crippen LogP contribution >= 0.6 is 24.0 Å². The average molecular weight is 509 g/mol. The first-order chi connectivity index (χ1) is 12.8. The van der Waals surface area contributed by atoms with Crippen molar-refractivity contribution >= 4 is 40.7 Å². The number of hydrogen-bond acceptors (Lipinski definition) is 4. The van der Waals surface area contributed by atoms with Gasteiger partial charge in [-0.25, -0.2) is 0 Å². The Hall–Kier alpha value is -0.710. The number of halogens is 1. The highest BCUT2D eigenvalue weighted by Crippen LogP contribution is 2.11. The van der Waals surface area contributed by atoms with Crippen LogP contribution in [0.3, 0.4) is 0 Å². The van der Waals surface area contributed by atoms with Gasteiger partial charge in [-0.3, -0.25) is 9.20 Å². The highest BCUT2D eigenvalue weighted by molar-refractivity contribution is 14.0. The van der Waals surface area contributed by atoms with E-state index in [1.54, 1.807) is 0 Å². The standard InChI is InChI=1S/C19H31N3O3S.HI/c1-2-20-19(21-11-7-13-24-16-17-8-6-14-25-17)22-12-15-26(23)18-9-4-3-5-10-18;/h3-5,9-10,17H,2,6-8,11-16H2,1H3,(H2,20,21,22);1H. The number of rotatable bonds is 11. The van der Waals surface area contributed by atoms with Gasteiger partial charge in [0.15, 0.2) is 5.96 Å². The van der Waals surface area contributed by atoms with Gasteiger partial charge < -0.3 is 20.1 Å². The second-order valence-corrected chi connectivity index (χ2v) is 7.68. The zero-order valence-electron chi connectivity index (χ0n) is 16.0. The Balaban J connectivity index is 0.00000364. The zero-order valence-corrected chi connectivity index (χ0v) is 19.2. The van der Waals surface area contributed by atoms with E-state index in [1.807, 2.05) is 37.3 Å². The van der Waals surface area contributed by atoms with Crippen molar-refractivity contribution in [1.29, 1.82) is 0 Å². The molecule has 8 heteroatoms. The molecule has 0 saturated carbocycles. The number of ether oxygens (including phenoxy) is 2. The monoisotopic (exact) mass is 509 g/mol. The predicted molar refractivity (Wildman–Crippen MR) is 122 cm³/mol. The van der Waals surface area contributed by atoms with Crippen LogP contribution in [0.15, 0.2) is 40.2 Å². The third-order valence-corrected chi connectivity index (χ3v) is 5.35. The third kappa shape index (κ3) is 10.4. The minimum absolute atomic E-state index is 0. The summed E-state index contributed by atoms with van der Waals surface area (Å²) < 4.78 is 23.4. The number of nitrogens with one attached hydrogen (secondary N) is 2. The van der Waals surface area contributed by atoms with Crippen molar-refractivity contribution in [3.63, 3.8) is 0 Å². The maximum atomic E-state index is 12.2. The molecule has 1 saturated heterocycles. The highest BCUT2D eigenvalue weighted by Gasteiger charge is 2.14. The molecule has 0 spiro atoms. The first kappa shape index (κ1) is 24.3. The lowest BCUT2D eigenvalue weighted by molar-refractivity contribution is 0.0171. The van der Waals surface area contributed by atoms with E-state index in [-0.39, 0.29) is 30.1 Å². The van der Waals surface area contributed by atoms with Crippen molar-refractivity contribution in [2.45, 2.75) is 37.2 Å². The van der Waals surface area contributed by atoms with E-state index < -0.39 is 10.8 Å². The largest absolute Gasteiger partial charge is 0.379 e. The lowest BCUT2D eigenvalue weighted by atomic mass is 10.2. The van der Waals surface area contributed by atoms with Crippen molar-refractivity contribution < 1.29 is 13.7 Å². The molecule has 1 aromatic carbocycles. The Morgan fingerprint density at radius 1 is 1.33 bits per heavy atom. The van der Waals surface area contributed by atoms with E-state index in [9.17, 15) is 4.21 Å². The second-order valence-electron chi connectivity index (χ2n) is 6.11. The van der Waals surface area contributed by atoms with Crippen molar-refractivity contribution in [2.75, 3.05) is 45.2 Å². The van der Waals surface area contributed by atoms with E-state index in [0.29, 0.717) is 32.1 Å². The average Bonchev–Trinajstić information content (AvgIpc) is 3.18. The Bertz CT molecular complexity index is 554. The summed E-state index contributed by atoms with van der Waals surface area (Å²) in [7, 11) is -0.992. The topological polar surface area (TPSA) is 72.0 Å². The third-order valence-electron chi connectivity index (χ3n) is 3.97. The Morgan fingerprint density at radius 2 is 2.15 bits per heavy atom. The quantitative estimate of drug-likeness (QED) is 0.208. The molecule has 2 rings (SSSR count). The molecule has 2 unspecified atom stereocenters. The summed E-state index contributed by atoms with van der Waals surface area (Å²) in [6.07, 6.45) is 3.41. The van der Waals surface area contributed by atoms with Gasteiger partial charge in [-0.15, -0.1) is 24.0 Å². The molecule has 2 N–H and O–H groups in total. The molecule has 1 aliphatic rings. The van der Waals surface area contributed by atoms with E-state index >= 15 is 0 Å². The Morgan fingerprint density at radius 3 is 2.85 bits per heavy atom. The first-order valence-corrected chi connectivity index (χ1v) is 10.8. The van der Waals surface area contributed by atoms with Crippen LogP contribution in [-0.4, -0.2) is 61.5 Å². The van der Waals surface area contributed by atoms with E-state index in [2.05, 4.69) is 15.6 Å². The molecule has 0 aliphatic carbocycles. The molecule has 2 atom stereocenters. The Labute approximate surface area is 182 Å². The van der Waals surface area contributed by atoms with Gasteiger partial charge in [-0.05, 0) is 38.3 Å². The summed E-state index contributed by atoms with van der Waals surface area (Å²) in [6, 6.07) is 9.54. The molecule has 0 amide bonds. The molecule has 0 bridgehead atoms. The van der Waals surface area contributed by atoms with Crippen LogP contribution in [-0.2, 0) is 20.3 Å². The van der Waals surface area contributed by atoms with Gasteiger partial charge in [0.05, 0.1) is 23.5 Å². The number of hydrogen-bond donors (Lipinski definition) is 2. The van der Waals surface area contributed by atoms with Gasteiger partial charge in [0.25, 0.3) is 0 Å². The van der Waals surface area contributed by atoms with Crippen LogP contribution in [0.25, 0.3) is 0 Å². The highest BCUT2D eigenvalue weighted by atomic mass is 127. The van der Waals surface area contributed by atoms with E-state index in [4.69, 9.17) is 9.47 Å². The lowest BCUT2D eigenvalue weighted by Crippen LogP contribution is -2.39. The van der Waals surface area contributed by atoms with Gasteiger partial charge >= 0.3 is 0 Å². The fourth-order valence-corrected chi connectivity index (χ4v) is 3.63. The fraction of sp³-hybridized carbons (Fsp3) is 0.632. The number of aliphatic imine (C=N–C) groups is 1. The van der Waals surface area contributed by atoms with Crippen molar-refractivity contribution in [2.24, 2.45) is 4.99 Å². The first-order valence-electron chi connectivity index (χ1n) is 9.44. The van der Waals surface area contributed by atoms with Crippen LogP contribution in [0.5, 0.6) is 0 Å². The lowest BCUT2D eigenvalue weighted by Gasteiger charge is -2.12. The summed E-state index contributed by atoms with van der Waals surface area (Å²) in [5.74, 6) is 1.32. The number of guanidine groups is 1. The van der Waals surface area contributed by atoms with Crippen LogP contribution in [0.2, 0.25) is 0 Å². The van der Waals surface area contributed by atoms with Crippen LogP contribution in [0, 0.1) is 0 Å². The summed E-state index contributed by atoms with van der Waals surface area (Å²) in [5.41, 5.74) is 0. The van der Waals surface area contributed by atoms with Crippen LogP contribution in [0.1, 0.15) is 26.2 Å². The van der Waals surface area contributed by atoms with Crippen LogP contribution < -0.4 is 10.6 Å². The molecule has 1 heterocycles. The maximum absolute atomic E-state index is 12.2. The molecule has 1 aromatic rings. The summed E-state index contributed by atoms with van der Waals surface area (Å²) in [5, 5.41) is 6.45. The Kier molecular flexibility index (Phi) is 13.7. The van der Waals surface area contributed by atoms with Crippen molar-refractivity contribution in [1.82, 2.24) is 10.6 Å². The molecule has 1 aliphatic heterocycles. The summed E-state index contributed by atoms with van der Waals surface area (Å²) >= 11 is 0. The molecule has 1 fully saturated rings. The van der Waals surface area contributed by atoms with Gasteiger partial charge in [-0.1, -0.05) is 18.2 Å². The zero-order chi connectivity index (χ0) is 18.5. The van der Waals surface area contributed by atoms with Gasteiger partial charge in [-0.2, -0.15) is 0 Å². The molecular weight excluding hydrogens is 477 g/mol. The normalized spacial score (nSPS) is 18.0. The minimum Gasteiger partial charge on any atom is -0.379 e. The molecule has 0 radical (unpaired) electrons. The maximum Gasteiger partial charge on any atom is 0.191 e. The fourth-order valence-electron chi connectivity index (χ4n) is 2.64. The van der Waals surface area contributed by atoms with Gasteiger partial charge in [0, 0.05) is 43.5 Å². The molecule has 6 nitrogen and oxygen atoms in total. The minimum atomic E-state index is -0.992. The molecule has 0 aromatic heterocycles.